The number of rotatable bonds is 3. The standard InChI is InChI=1S/C21H22F2N2O3/c22-18-7-4-8-19(23)17(18)11-24-9-10-28-21(13-24)14-25(20(26)12-27-15-21)16-5-2-1-3-6-16/h1-8H,9-15H2. The Balaban J connectivity index is 1.55. The Morgan fingerprint density at radius 2 is 1.75 bits per heavy atom. The molecule has 2 aliphatic heterocycles. The Bertz CT molecular complexity index is 829. The summed E-state index contributed by atoms with van der Waals surface area (Å²) in [5, 5.41) is 0. The molecule has 2 aliphatic rings. The largest absolute Gasteiger partial charge is 0.368 e. The summed E-state index contributed by atoms with van der Waals surface area (Å²) in [6.45, 7) is 2.05. The van der Waals surface area contributed by atoms with E-state index in [1.165, 1.54) is 18.2 Å². The molecule has 0 saturated carbocycles. The van der Waals surface area contributed by atoms with Crippen LogP contribution in [0.4, 0.5) is 14.5 Å². The van der Waals surface area contributed by atoms with Gasteiger partial charge in [-0.25, -0.2) is 8.78 Å². The Kier molecular flexibility index (Phi) is 5.39. The summed E-state index contributed by atoms with van der Waals surface area (Å²) in [7, 11) is 0. The van der Waals surface area contributed by atoms with E-state index in [0.29, 0.717) is 26.2 Å². The lowest BCUT2D eigenvalue weighted by atomic mass is 10.0. The lowest BCUT2D eigenvalue weighted by Crippen LogP contribution is -2.59. The molecule has 2 aromatic rings. The van der Waals surface area contributed by atoms with Crippen molar-refractivity contribution in [2.75, 3.05) is 44.4 Å². The highest BCUT2D eigenvalue weighted by molar-refractivity contribution is 5.94. The van der Waals surface area contributed by atoms with Crippen molar-refractivity contribution in [3.05, 3.63) is 65.7 Å². The van der Waals surface area contributed by atoms with E-state index < -0.39 is 17.2 Å². The van der Waals surface area contributed by atoms with Crippen LogP contribution >= 0.6 is 0 Å². The number of hydrogen-bond donors (Lipinski definition) is 0. The number of anilines is 1. The van der Waals surface area contributed by atoms with Crippen LogP contribution in [-0.4, -0.2) is 55.9 Å². The zero-order chi connectivity index (χ0) is 19.6. The van der Waals surface area contributed by atoms with E-state index in [2.05, 4.69) is 0 Å². The highest BCUT2D eigenvalue weighted by Crippen LogP contribution is 2.27. The monoisotopic (exact) mass is 388 g/mol. The summed E-state index contributed by atoms with van der Waals surface area (Å²) in [5.74, 6) is -1.25. The van der Waals surface area contributed by atoms with Crippen LogP contribution in [-0.2, 0) is 20.8 Å². The van der Waals surface area contributed by atoms with E-state index in [1.54, 1.807) is 4.90 Å². The van der Waals surface area contributed by atoms with E-state index >= 15 is 0 Å². The second-order valence-electron chi connectivity index (χ2n) is 7.25. The van der Waals surface area contributed by atoms with Crippen LogP contribution in [0.15, 0.2) is 48.5 Å². The lowest BCUT2D eigenvalue weighted by molar-refractivity contribution is -0.136. The van der Waals surface area contributed by atoms with Crippen molar-refractivity contribution in [2.24, 2.45) is 0 Å². The first-order valence-electron chi connectivity index (χ1n) is 9.29. The average molecular weight is 388 g/mol. The molecule has 2 saturated heterocycles. The van der Waals surface area contributed by atoms with E-state index in [9.17, 15) is 13.6 Å². The van der Waals surface area contributed by atoms with Crippen LogP contribution in [0.1, 0.15) is 5.56 Å². The number of morpholine rings is 1. The third-order valence-corrected chi connectivity index (χ3v) is 5.18. The molecule has 2 heterocycles. The van der Waals surface area contributed by atoms with Gasteiger partial charge in [-0.05, 0) is 24.3 Å². The van der Waals surface area contributed by atoms with Crippen molar-refractivity contribution in [1.29, 1.82) is 0 Å². The van der Waals surface area contributed by atoms with Crippen molar-refractivity contribution < 1.29 is 23.0 Å². The van der Waals surface area contributed by atoms with Crippen molar-refractivity contribution in [1.82, 2.24) is 4.90 Å². The number of ether oxygens (including phenoxy) is 2. The molecule has 0 bridgehead atoms. The number of nitrogens with zero attached hydrogens (tertiary/aromatic N) is 2. The average Bonchev–Trinajstić information content (AvgIpc) is 2.85. The Morgan fingerprint density at radius 1 is 1.00 bits per heavy atom. The number of para-hydroxylation sites is 1. The lowest BCUT2D eigenvalue weighted by Gasteiger charge is -2.43. The molecule has 1 atom stereocenters. The Hall–Kier alpha value is -2.35. The van der Waals surface area contributed by atoms with Gasteiger partial charge < -0.3 is 14.4 Å². The summed E-state index contributed by atoms with van der Waals surface area (Å²) < 4.78 is 39.8. The molecule has 2 aromatic carbocycles. The first-order valence-corrected chi connectivity index (χ1v) is 9.29. The smallest absolute Gasteiger partial charge is 0.253 e. The number of carbonyl (C=O) groups excluding carboxylic acids is 1. The second kappa shape index (κ2) is 7.95. The molecule has 2 fully saturated rings. The molecule has 5 nitrogen and oxygen atoms in total. The molecule has 0 N–H and O–H groups in total. The summed E-state index contributed by atoms with van der Waals surface area (Å²) in [4.78, 5) is 16.2. The summed E-state index contributed by atoms with van der Waals surface area (Å²) in [6.07, 6.45) is 0. The minimum atomic E-state index is -0.748. The first kappa shape index (κ1) is 19.0. The molecule has 1 spiro atoms. The number of hydrogen-bond acceptors (Lipinski definition) is 4. The van der Waals surface area contributed by atoms with Crippen LogP contribution in [0.2, 0.25) is 0 Å². The molecule has 4 rings (SSSR count). The van der Waals surface area contributed by atoms with Crippen LogP contribution in [0.3, 0.4) is 0 Å². The zero-order valence-corrected chi connectivity index (χ0v) is 15.4. The topological polar surface area (TPSA) is 42.0 Å². The summed E-state index contributed by atoms with van der Waals surface area (Å²) >= 11 is 0. The maximum Gasteiger partial charge on any atom is 0.253 e. The van der Waals surface area contributed by atoms with Crippen molar-refractivity contribution in [3.8, 4) is 0 Å². The van der Waals surface area contributed by atoms with Crippen LogP contribution in [0.25, 0.3) is 0 Å². The minimum absolute atomic E-state index is 0.0258. The molecule has 0 radical (unpaired) electrons. The third kappa shape index (κ3) is 3.92. The fourth-order valence-corrected chi connectivity index (χ4v) is 3.82. The predicted octanol–water partition coefficient (Wildman–Crippen LogP) is 2.60. The number of carbonyl (C=O) groups is 1. The van der Waals surface area contributed by atoms with Gasteiger partial charge in [0.1, 0.15) is 23.8 Å². The minimum Gasteiger partial charge on any atom is -0.368 e. The molecule has 0 aliphatic carbocycles. The van der Waals surface area contributed by atoms with Gasteiger partial charge in [0.25, 0.3) is 5.91 Å². The van der Waals surface area contributed by atoms with Gasteiger partial charge in [-0.3, -0.25) is 9.69 Å². The van der Waals surface area contributed by atoms with Gasteiger partial charge in [-0.15, -0.1) is 0 Å². The number of halogens is 2. The van der Waals surface area contributed by atoms with Gasteiger partial charge in [0.05, 0.1) is 19.8 Å². The highest BCUT2D eigenvalue weighted by Gasteiger charge is 2.42. The normalized spacial score (nSPS) is 23.8. The van der Waals surface area contributed by atoms with Crippen molar-refractivity contribution >= 4 is 11.6 Å². The Morgan fingerprint density at radius 3 is 2.50 bits per heavy atom. The maximum atomic E-state index is 14.1. The quantitative estimate of drug-likeness (QED) is 0.811. The summed E-state index contributed by atoms with van der Waals surface area (Å²) in [6, 6.07) is 13.3. The molecule has 1 amide bonds. The molecule has 28 heavy (non-hydrogen) atoms. The number of benzene rings is 2. The van der Waals surface area contributed by atoms with Gasteiger partial charge in [-0.2, -0.15) is 0 Å². The Labute approximate surface area is 162 Å². The third-order valence-electron chi connectivity index (χ3n) is 5.18. The molecule has 7 heteroatoms. The van der Waals surface area contributed by atoms with Gasteiger partial charge in [0.15, 0.2) is 0 Å². The molecule has 0 aromatic heterocycles. The first-order chi connectivity index (χ1) is 13.6. The molecule has 1 unspecified atom stereocenters. The van der Waals surface area contributed by atoms with Gasteiger partial charge in [0, 0.05) is 30.9 Å². The van der Waals surface area contributed by atoms with Crippen LogP contribution in [0, 0.1) is 11.6 Å². The van der Waals surface area contributed by atoms with Crippen LogP contribution in [0.5, 0.6) is 0 Å². The number of amides is 1. The van der Waals surface area contributed by atoms with Gasteiger partial charge in [0.2, 0.25) is 0 Å². The summed E-state index contributed by atoms with van der Waals surface area (Å²) in [5.41, 5.74) is 0.0745. The van der Waals surface area contributed by atoms with E-state index in [0.717, 1.165) is 5.69 Å². The second-order valence-corrected chi connectivity index (χ2v) is 7.25. The van der Waals surface area contributed by atoms with E-state index in [-0.39, 0.29) is 31.2 Å². The zero-order valence-electron chi connectivity index (χ0n) is 15.4. The van der Waals surface area contributed by atoms with E-state index in [4.69, 9.17) is 9.47 Å². The van der Waals surface area contributed by atoms with Crippen LogP contribution < -0.4 is 4.90 Å². The van der Waals surface area contributed by atoms with Crippen molar-refractivity contribution in [3.63, 3.8) is 0 Å². The highest BCUT2D eigenvalue weighted by atomic mass is 19.1. The predicted molar refractivity (Wildman–Crippen MR) is 99.9 cm³/mol. The van der Waals surface area contributed by atoms with E-state index in [1.807, 2.05) is 35.2 Å². The molecular weight excluding hydrogens is 366 g/mol. The maximum absolute atomic E-state index is 14.1. The van der Waals surface area contributed by atoms with Gasteiger partial charge >= 0.3 is 0 Å². The van der Waals surface area contributed by atoms with Crippen molar-refractivity contribution in [2.45, 2.75) is 12.1 Å². The fraction of sp³-hybridized carbons (Fsp3) is 0.381. The fourth-order valence-electron chi connectivity index (χ4n) is 3.82. The molecule has 148 valence electrons. The molecular formula is C21H22F2N2O3. The SMILES string of the molecule is O=C1COCC2(CN(Cc3c(F)cccc3F)CCO2)CN1c1ccccc1. The van der Waals surface area contributed by atoms with Gasteiger partial charge in [-0.1, -0.05) is 24.3 Å².